The van der Waals surface area contributed by atoms with Gasteiger partial charge in [-0.1, -0.05) is 0 Å². The van der Waals surface area contributed by atoms with Gasteiger partial charge in [0.25, 0.3) is 0 Å². The Labute approximate surface area is 181 Å². The number of morpholine rings is 1. The van der Waals surface area contributed by atoms with Crippen LogP contribution in [0, 0.1) is 5.41 Å². The standard InChI is InChI=1S/C22H30N6O3/c1-15-13-30-10-8-28(15)19-11-17(22(29)6-9-31-21(14-22)4-2-5-21)16(12-23)20(26-19)25-18-3-7-24-27-18/h3,7,11-12,15,23,29H,2,4-6,8-10,13-14H2,1H3,(H2,24,25,26,27)/t15-,22?/m1/s1. The Balaban J connectivity index is 1.61. The van der Waals surface area contributed by atoms with Crippen LogP contribution in [0.1, 0.15) is 50.2 Å². The van der Waals surface area contributed by atoms with Gasteiger partial charge < -0.3 is 30.2 Å². The van der Waals surface area contributed by atoms with Gasteiger partial charge in [0.2, 0.25) is 0 Å². The number of nitrogens with zero attached hydrogens (tertiary/aromatic N) is 3. The number of ether oxygens (including phenoxy) is 2. The lowest BCUT2D eigenvalue weighted by molar-refractivity contribution is -0.195. The first-order valence-electron chi connectivity index (χ1n) is 11.1. The van der Waals surface area contributed by atoms with Gasteiger partial charge in [-0.05, 0) is 37.8 Å². The minimum absolute atomic E-state index is 0.167. The Morgan fingerprint density at radius 3 is 2.90 bits per heavy atom. The molecule has 2 aromatic rings. The number of aromatic nitrogens is 3. The highest BCUT2D eigenvalue weighted by atomic mass is 16.5. The number of rotatable bonds is 5. The molecule has 4 N–H and O–H groups in total. The van der Waals surface area contributed by atoms with Gasteiger partial charge in [0, 0.05) is 43.4 Å². The van der Waals surface area contributed by atoms with Crippen LogP contribution in [0.3, 0.4) is 0 Å². The molecule has 166 valence electrons. The summed E-state index contributed by atoms with van der Waals surface area (Å²) < 4.78 is 11.7. The molecule has 0 bridgehead atoms. The fourth-order valence-electron chi connectivity index (χ4n) is 5.06. The molecule has 1 aliphatic carbocycles. The first-order chi connectivity index (χ1) is 15.0. The topological polar surface area (TPSA) is 119 Å². The van der Waals surface area contributed by atoms with Crippen molar-refractivity contribution in [2.45, 2.75) is 56.3 Å². The molecule has 31 heavy (non-hydrogen) atoms. The van der Waals surface area contributed by atoms with E-state index in [9.17, 15) is 5.11 Å². The maximum atomic E-state index is 11.9. The van der Waals surface area contributed by atoms with Crippen LogP contribution >= 0.6 is 0 Å². The lowest BCUT2D eigenvalue weighted by Crippen LogP contribution is -2.52. The van der Waals surface area contributed by atoms with E-state index in [0.29, 0.717) is 49.9 Å². The highest BCUT2D eigenvalue weighted by Gasteiger charge is 2.50. The monoisotopic (exact) mass is 426 g/mol. The molecule has 2 aliphatic heterocycles. The van der Waals surface area contributed by atoms with Crippen LogP contribution < -0.4 is 10.2 Å². The fraction of sp³-hybridized carbons (Fsp3) is 0.591. The summed E-state index contributed by atoms with van der Waals surface area (Å²) in [5.74, 6) is 1.91. The van der Waals surface area contributed by atoms with Crippen LogP contribution in [-0.4, -0.2) is 64.5 Å². The molecule has 1 unspecified atom stereocenters. The Morgan fingerprint density at radius 1 is 1.35 bits per heavy atom. The summed E-state index contributed by atoms with van der Waals surface area (Å²) in [4.78, 5) is 7.07. The predicted molar refractivity (Wildman–Crippen MR) is 117 cm³/mol. The Kier molecular flexibility index (Phi) is 5.19. The van der Waals surface area contributed by atoms with Crippen LogP contribution in [-0.2, 0) is 15.1 Å². The quantitative estimate of drug-likeness (QED) is 0.543. The van der Waals surface area contributed by atoms with Crippen LogP contribution in [0.15, 0.2) is 18.3 Å². The second-order valence-corrected chi connectivity index (χ2v) is 8.98. The van der Waals surface area contributed by atoms with E-state index in [-0.39, 0.29) is 11.6 Å². The summed E-state index contributed by atoms with van der Waals surface area (Å²) in [6.07, 6.45) is 7.15. The molecule has 0 amide bonds. The third-order valence-corrected chi connectivity index (χ3v) is 6.90. The zero-order valence-corrected chi connectivity index (χ0v) is 17.9. The molecule has 3 fully saturated rings. The molecule has 5 rings (SSSR count). The van der Waals surface area contributed by atoms with Crippen molar-refractivity contribution in [3.63, 3.8) is 0 Å². The van der Waals surface area contributed by atoms with E-state index in [1.165, 1.54) is 6.21 Å². The van der Waals surface area contributed by atoms with E-state index in [1.54, 1.807) is 6.20 Å². The zero-order valence-electron chi connectivity index (χ0n) is 17.9. The zero-order chi connectivity index (χ0) is 21.5. The predicted octanol–water partition coefficient (Wildman–Crippen LogP) is 2.69. The SMILES string of the molecule is C[C@@H]1COCCN1c1cc(C2(O)CCOC3(CCC3)C2)c(C=N)c(Nc2cc[nH]n2)n1. The van der Waals surface area contributed by atoms with Gasteiger partial charge in [0.1, 0.15) is 11.6 Å². The van der Waals surface area contributed by atoms with Gasteiger partial charge in [-0.15, -0.1) is 0 Å². The van der Waals surface area contributed by atoms with Gasteiger partial charge in [-0.2, -0.15) is 5.10 Å². The molecule has 1 saturated carbocycles. The number of pyridine rings is 1. The molecule has 0 radical (unpaired) electrons. The van der Waals surface area contributed by atoms with Crippen molar-refractivity contribution in [2.75, 3.05) is 36.6 Å². The summed E-state index contributed by atoms with van der Waals surface area (Å²) in [6, 6.07) is 3.95. The number of aliphatic hydroxyl groups is 1. The van der Waals surface area contributed by atoms with Gasteiger partial charge in [0.05, 0.1) is 37.1 Å². The fourth-order valence-corrected chi connectivity index (χ4v) is 5.06. The van der Waals surface area contributed by atoms with Crippen molar-refractivity contribution in [3.05, 3.63) is 29.5 Å². The summed E-state index contributed by atoms with van der Waals surface area (Å²) >= 11 is 0. The first-order valence-corrected chi connectivity index (χ1v) is 11.1. The van der Waals surface area contributed by atoms with Crippen LogP contribution in [0.25, 0.3) is 0 Å². The molecular formula is C22H30N6O3. The molecule has 9 nitrogen and oxygen atoms in total. The number of H-pyrrole nitrogens is 1. The van der Waals surface area contributed by atoms with Crippen LogP contribution in [0.2, 0.25) is 0 Å². The molecular weight excluding hydrogens is 396 g/mol. The number of hydrogen-bond donors (Lipinski definition) is 4. The molecule has 2 saturated heterocycles. The first kappa shape index (κ1) is 20.4. The number of hydrogen-bond acceptors (Lipinski definition) is 8. The number of aromatic amines is 1. The van der Waals surface area contributed by atoms with E-state index in [2.05, 4.69) is 27.3 Å². The van der Waals surface area contributed by atoms with Crippen molar-refractivity contribution in [3.8, 4) is 0 Å². The average Bonchev–Trinajstić information content (AvgIpc) is 3.25. The second kappa shape index (κ2) is 7.89. The summed E-state index contributed by atoms with van der Waals surface area (Å²) in [7, 11) is 0. The van der Waals surface area contributed by atoms with Gasteiger partial charge in [-0.25, -0.2) is 4.98 Å². The smallest absolute Gasteiger partial charge is 0.153 e. The molecule has 2 atom stereocenters. The average molecular weight is 427 g/mol. The van der Waals surface area contributed by atoms with Crippen molar-refractivity contribution in [1.29, 1.82) is 5.41 Å². The second-order valence-electron chi connectivity index (χ2n) is 8.98. The van der Waals surface area contributed by atoms with Crippen LogP contribution in [0.4, 0.5) is 17.5 Å². The van der Waals surface area contributed by atoms with Crippen molar-refractivity contribution >= 4 is 23.7 Å². The maximum Gasteiger partial charge on any atom is 0.153 e. The Morgan fingerprint density at radius 2 is 2.23 bits per heavy atom. The third kappa shape index (κ3) is 3.71. The van der Waals surface area contributed by atoms with E-state index in [0.717, 1.165) is 37.2 Å². The molecule has 1 spiro atoms. The highest BCUT2D eigenvalue weighted by Crippen LogP contribution is 2.50. The lowest BCUT2D eigenvalue weighted by atomic mass is 9.68. The summed E-state index contributed by atoms with van der Waals surface area (Å²) in [6.45, 7) is 4.62. The Bertz CT molecular complexity index is 945. The number of nitrogens with one attached hydrogen (secondary N) is 3. The molecule has 4 heterocycles. The van der Waals surface area contributed by atoms with Crippen molar-refractivity contribution in [1.82, 2.24) is 15.2 Å². The van der Waals surface area contributed by atoms with Gasteiger partial charge in [-0.3, -0.25) is 5.10 Å². The minimum Gasteiger partial charge on any atom is -0.385 e. The van der Waals surface area contributed by atoms with Crippen LogP contribution in [0.5, 0.6) is 0 Å². The van der Waals surface area contributed by atoms with Gasteiger partial charge in [0.15, 0.2) is 5.82 Å². The number of anilines is 3. The van der Waals surface area contributed by atoms with Crippen molar-refractivity contribution in [2.24, 2.45) is 0 Å². The normalized spacial score (nSPS) is 27.7. The highest BCUT2D eigenvalue weighted by molar-refractivity contribution is 5.89. The Hall–Kier alpha value is -2.49. The van der Waals surface area contributed by atoms with Crippen molar-refractivity contribution < 1.29 is 14.6 Å². The molecule has 0 aromatic carbocycles. The van der Waals surface area contributed by atoms with E-state index in [4.69, 9.17) is 19.9 Å². The minimum atomic E-state index is -1.07. The molecule has 2 aromatic heterocycles. The maximum absolute atomic E-state index is 11.9. The third-order valence-electron chi connectivity index (χ3n) is 6.90. The van der Waals surface area contributed by atoms with E-state index in [1.807, 2.05) is 12.1 Å². The largest absolute Gasteiger partial charge is 0.385 e. The summed E-state index contributed by atoms with van der Waals surface area (Å²) in [5, 5.41) is 30.3. The van der Waals surface area contributed by atoms with Gasteiger partial charge >= 0.3 is 0 Å². The molecule has 3 aliphatic rings. The lowest BCUT2D eigenvalue weighted by Gasteiger charge is -2.51. The molecule has 9 heteroatoms. The van der Waals surface area contributed by atoms with E-state index >= 15 is 0 Å². The van der Waals surface area contributed by atoms with E-state index < -0.39 is 5.60 Å². The summed E-state index contributed by atoms with van der Waals surface area (Å²) in [5.41, 5.74) is 0.0174.